The number of primary amides is 1. The molecule has 2 aromatic rings. The second-order valence-electron chi connectivity index (χ2n) is 6.33. The van der Waals surface area contributed by atoms with Crippen molar-refractivity contribution in [2.45, 2.75) is 25.8 Å². The van der Waals surface area contributed by atoms with Crippen molar-refractivity contribution in [1.82, 2.24) is 5.32 Å². The molecule has 2 aromatic carbocycles. The van der Waals surface area contributed by atoms with Gasteiger partial charge in [0.15, 0.2) is 6.61 Å². The smallest absolute Gasteiger partial charge is 0.255 e. The highest BCUT2D eigenvalue weighted by Gasteiger charge is 2.24. The first-order valence-corrected chi connectivity index (χ1v) is 8.46. The quantitative estimate of drug-likeness (QED) is 0.845. The van der Waals surface area contributed by atoms with Crippen LogP contribution < -0.4 is 15.8 Å². The average Bonchev–Trinajstić information content (AvgIpc) is 2.64. The maximum Gasteiger partial charge on any atom is 0.255 e. The van der Waals surface area contributed by atoms with Crippen molar-refractivity contribution in [2.24, 2.45) is 11.7 Å². The molecule has 1 atom stereocenters. The molecule has 0 aromatic heterocycles. The molecule has 0 saturated carbocycles. The Kier molecular flexibility index (Phi) is 5.33. The van der Waals surface area contributed by atoms with Crippen molar-refractivity contribution in [3.8, 4) is 5.75 Å². The molecule has 0 bridgehead atoms. The van der Waals surface area contributed by atoms with Gasteiger partial charge in [-0.05, 0) is 48.1 Å². The molecular weight excluding hydrogens is 316 g/mol. The molecule has 5 heteroatoms. The third-order valence-electron chi connectivity index (χ3n) is 4.46. The molecule has 1 aliphatic rings. The molecule has 2 amide bonds. The number of aryl methyl sites for hydroxylation is 1. The first kappa shape index (κ1) is 17.0. The van der Waals surface area contributed by atoms with Gasteiger partial charge < -0.3 is 15.8 Å². The van der Waals surface area contributed by atoms with Crippen LogP contribution in [0.3, 0.4) is 0 Å². The van der Waals surface area contributed by atoms with Crippen molar-refractivity contribution in [3.63, 3.8) is 0 Å². The lowest BCUT2D eigenvalue weighted by Crippen LogP contribution is -2.33. The van der Waals surface area contributed by atoms with Gasteiger partial charge >= 0.3 is 0 Å². The first-order chi connectivity index (χ1) is 12.1. The average molecular weight is 338 g/mol. The summed E-state index contributed by atoms with van der Waals surface area (Å²) in [6.45, 7) is 0.280. The van der Waals surface area contributed by atoms with Gasteiger partial charge in [0.25, 0.3) is 5.91 Å². The summed E-state index contributed by atoms with van der Waals surface area (Å²) in [6.07, 6.45) is 2.62. The zero-order valence-electron chi connectivity index (χ0n) is 14.0. The number of rotatable bonds is 6. The van der Waals surface area contributed by atoms with Crippen LogP contribution in [0.4, 0.5) is 0 Å². The van der Waals surface area contributed by atoms with E-state index in [2.05, 4.69) is 17.4 Å². The summed E-state index contributed by atoms with van der Waals surface area (Å²) in [5, 5.41) is 3.01. The van der Waals surface area contributed by atoms with Gasteiger partial charge in [0.1, 0.15) is 5.75 Å². The SMILES string of the molecule is NC(=O)COc1cccc(CNC(=O)C2CCc3ccccc3C2)c1. The third kappa shape index (κ3) is 4.59. The largest absolute Gasteiger partial charge is 0.484 e. The molecule has 0 aliphatic heterocycles. The van der Waals surface area contributed by atoms with E-state index in [-0.39, 0.29) is 18.4 Å². The Morgan fingerprint density at radius 3 is 2.72 bits per heavy atom. The second-order valence-corrected chi connectivity index (χ2v) is 6.33. The minimum absolute atomic E-state index is 0.0178. The molecule has 130 valence electrons. The summed E-state index contributed by atoms with van der Waals surface area (Å²) in [6, 6.07) is 15.6. The van der Waals surface area contributed by atoms with Crippen LogP contribution in [0, 0.1) is 5.92 Å². The highest BCUT2D eigenvalue weighted by molar-refractivity contribution is 5.79. The molecule has 0 heterocycles. The molecule has 25 heavy (non-hydrogen) atoms. The zero-order chi connectivity index (χ0) is 17.6. The molecule has 1 aliphatic carbocycles. The van der Waals surface area contributed by atoms with Gasteiger partial charge in [0.2, 0.25) is 5.91 Å². The Hall–Kier alpha value is -2.82. The third-order valence-corrected chi connectivity index (χ3v) is 4.46. The van der Waals surface area contributed by atoms with E-state index in [1.165, 1.54) is 11.1 Å². The fourth-order valence-electron chi connectivity index (χ4n) is 3.15. The second kappa shape index (κ2) is 7.83. The predicted octanol–water partition coefficient (Wildman–Crippen LogP) is 1.97. The summed E-state index contributed by atoms with van der Waals surface area (Å²) in [5.41, 5.74) is 8.62. The van der Waals surface area contributed by atoms with Gasteiger partial charge in [-0.3, -0.25) is 9.59 Å². The number of hydrogen-bond acceptors (Lipinski definition) is 3. The molecule has 3 rings (SSSR count). The summed E-state index contributed by atoms with van der Waals surface area (Å²) in [7, 11) is 0. The van der Waals surface area contributed by atoms with E-state index < -0.39 is 5.91 Å². The van der Waals surface area contributed by atoms with Crippen molar-refractivity contribution in [2.75, 3.05) is 6.61 Å². The Labute approximate surface area is 147 Å². The summed E-state index contributed by atoms with van der Waals surface area (Å²) in [5.74, 6) is 0.149. The topological polar surface area (TPSA) is 81.4 Å². The van der Waals surface area contributed by atoms with Crippen LogP contribution in [0.15, 0.2) is 48.5 Å². The minimum Gasteiger partial charge on any atom is -0.484 e. The van der Waals surface area contributed by atoms with E-state index in [9.17, 15) is 9.59 Å². The van der Waals surface area contributed by atoms with Gasteiger partial charge in [0.05, 0.1) is 0 Å². The van der Waals surface area contributed by atoms with Gasteiger partial charge in [-0.15, -0.1) is 0 Å². The molecular formula is C20H22N2O3. The predicted molar refractivity (Wildman–Crippen MR) is 94.9 cm³/mol. The number of nitrogens with one attached hydrogen (secondary N) is 1. The van der Waals surface area contributed by atoms with Crippen LogP contribution >= 0.6 is 0 Å². The van der Waals surface area contributed by atoms with Crippen LogP contribution in [0.25, 0.3) is 0 Å². The number of amides is 2. The molecule has 0 spiro atoms. The van der Waals surface area contributed by atoms with E-state index in [0.717, 1.165) is 24.8 Å². The maximum absolute atomic E-state index is 12.5. The lowest BCUT2D eigenvalue weighted by atomic mass is 9.83. The lowest BCUT2D eigenvalue weighted by Gasteiger charge is -2.23. The van der Waals surface area contributed by atoms with Gasteiger partial charge in [-0.2, -0.15) is 0 Å². The molecule has 3 N–H and O–H groups in total. The Morgan fingerprint density at radius 1 is 1.12 bits per heavy atom. The van der Waals surface area contributed by atoms with Crippen LogP contribution in [-0.2, 0) is 29.0 Å². The van der Waals surface area contributed by atoms with Crippen molar-refractivity contribution >= 4 is 11.8 Å². The van der Waals surface area contributed by atoms with E-state index in [1.54, 1.807) is 12.1 Å². The molecule has 1 unspecified atom stereocenters. The van der Waals surface area contributed by atoms with E-state index in [1.807, 2.05) is 24.3 Å². The van der Waals surface area contributed by atoms with Crippen LogP contribution in [-0.4, -0.2) is 18.4 Å². The fourth-order valence-corrected chi connectivity index (χ4v) is 3.15. The van der Waals surface area contributed by atoms with Gasteiger partial charge in [-0.25, -0.2) is 0 Å². The number of carbonyl (C=O) groups excluding carboxylic acids is 2. The Morgan fingerprint density at radius 2 is 1.92 bits per heavy atom. The number of nitrogens with two attached hydrogens (primary N) is 1. The summed E-state index contributed by atoms with van der Waals surface area (Å²) >= 11 is 0. The van der Waals surface area contributed by atoms with Crippen LogP contribution in [0.1, 0.15) is 23.1 Å². The maximum atomic E-state index is 12.5. The van der Waals surface area contributed by atoms with E-state index in [4.69, 9.17) is 10.5 Å². The lowest BCUT2D eigenvalue weighted by molar-refractivity contribution is -0.125. The number of benzene rings is 2. The van der Waals surface area contributed by atoms with Crippen LogP contribution in [0.5, 0.6) is 5.75 Å². The molecule has 0 saturated heterocycles. The summed E-state index contributed by atoms with van der Waals surface area (Å²) < 4.78 is 5.28. The van der Waals surface area contributed by atoms with E-state index in [0.29, 0.717) is 12.3 Å². The standard InChI is InChI=1S/C20H22N2O3/c21-19(23)13-25-18-7-3-4-14(10-18)12-22-20(24)17-9-8-15-5-1-2-6-16(15)11-17/h1-7,10,17H,8-9,11-13H2,(H2,21,23)(H,22,24). The fraction of sp³-hybridized carbons (Fsp3) is 0.300. The van der Waals surface area contributed by atoms with Crippen molar-refractivity contribution in [1.29, 1.82) is 0 Å². The minimum atomic E-state index is -0.517. The monoisotopic (exact) mass is 338 g/mol. The van der Waals surface area contributed by atoms with Crippen molar-refractivity contribution < 1.29 is 14.3 Å². The highest BCUT2D eigenvalue weighted by Crippen LogP contribution is 2.25. The van der Waals surface area contributed by atoms with Crippen LogP contribution in [0.2, 0.25) is 0 Å². The molecule has 0 radical (unpaired) electrons. The number of hydrogen-bond donors (Lipinski definition) is 2. The van der Waals surface area contributed by atoms with Gasteiger partial charge in [0, 0.05) is 12.5 Å². The summed E-state index contributed by atoms with van der Waals surface area (Å²) in [4.78, 5) is 23.3. The van der Waals surface area contributed by atoms with Gasteiger partial charge in [-0.1, -0.05) is 36.4 Å². The normalized spacial score (nSPS) is 15.9. The molecule has 5 nitrogen and oxygen atoms in total. The Balaban J connectivity index is 1.54. The van der Waals surface area contributed by atoms with E-state index >= 15 is 0 Å². The highest BCUT2D eigenvalue weighted by atomic mass is 16.5. The first-order valence-electron chi connectivity index (χ1n) is 8.46. The number of ether oxygens (including phenoxy) is 1. The number of carbonyl (C=O) groups is 2. The molecule has 0 fully saturated rings. The van der Waals surface area contributed by atoms with Crippen molar-refractivity contribution in [3.05, 3.63) is 65.2 Å². The zero-order valence-corrected chi connectivity index (χ0v) is 14.0. The number of fused-ring (bicyclic) bond motifs is 1. The Bertz CT molecular complexity index is 773.